The average molecular weight is 357 g/mol. The summed E-state index contributed by atoms with van der Waals surface area (Å²) in [6.07, 6.45) is 0. The highest BCUT2D eigenvalue weighted by Gasteiger charge is 2.15. The van der Waals surface area contributed by atoms with E-state index in [4.69, 9.17) is 22.1 Å². The minimum Gasteiger partial charge on any atom is -0.503 e. The SMILES string of the molecule is CCOc1cc(CNS(=O)(=O)c2ccc(N)cc2)cc(Cl)c1O. The summed E-state index contributed by atoms with van der Waals surface area (Å²) < 4.78 is 32.2. The third-order valence-corrected chi connectivity index (χ3v) is 4.75. The van der Waals surface area contributed by atoms with E-state index in [1.807, 2.05) is 0 Å². The molecule has 0 saturated heterocycles. The number of ether oxygens (including phenoxy) is 1. The molecule has 6 nitrogen and oxygen atoms in total. The van der Waals surface area contributed by atoms with Crippen LogP contribution in [-0.2, 0) is 16.6 Å². The highest BCUT2D eigenvalue weighted by atomic mass is 35.5. The van der Waals surface area contributed by atoms with Gasteiger partial charge in [0, 0.05) is 12.2 Å². The van der Waals surface area contributed by atoms with Crippen LogP contribution >= 0.6 is 11.6 Å². The van der Waals surface area contributed by atoms with E-state index < -0.39 is 10.0 Å². The molecule has 4 N–H and O–H groups in total. The van der Waals surface area contributed by atoms with Crippen LogP contribution in [0.4, 0.5) is 5.69 Å². The van der Waals surface area contributed by atoms with Crippen LogP contribution < -0.4 is 15.2 Å². The predicted octanol–water partition coefficient (Wildman–Crippen LogP) is 2.51. The van der Waals surface area contributed by atoms with Gasteiger partial charge in [0.05, 0.1) is 16.5 Å². The molecule has 0 bridgehead atoms. The minimum atomic E-state index is -3.68. The van der Waals surface area contributed by atoms with Gasteiger partial charge in [0.25, 0.3) is 0 Å². The molecule has 8 heteroatoms. The highest BCUT2D eigenvalue weighted by molar-refractivity contribution is 7.89. The molecule has 124 valence electrons. The maximum Gasteiger partial charge on any atom is 0.240 e. The average Bonchev–Trinajstić information content (AvgIpc) is 2.51. The fourth-order valence-corrected chi connectivity index (χ4v) is 3.15. The van der Waals surface area contributed by atoms with Crippen LogP contribution in [-0.4, -0.2) is 20.1 Å². The molecule has 2 rings (SSSR count). The topological polar surface area (TPSA) is 102 Å². The number of halogens is 1. The second-order valence-electron chi connectivity index (χ2n) is 4.75. The Morgan fingerprint density at radius 1 is 1.26 bits per heavy atom. The zero-order chi connectivity index (χ0) is 17.0. The van der Waals surface area contributed by atoms with E-state index >= 15 is 0 Å². The summed E-state index contributed by atoms with van der Waals surface area (Å²) in [7, 11) is -3.68. The molecule has 0 unspecified atom stereocenters. The van der Waals surface area contributed by atoms with Crippen LogP contribution in [0.1, 0.15) is 12.5 Å². The fourth-order valence-electron chi connectivity index (χ4n) is 1.90. The van der Waals surface area contributed by atoms with Crippen molar-refractivity contribution in [3.63, 3.8) is 0 Å². The number of nitrogens with two attached hydrogens (primary N) is 1. The van der Waals surface area contributed by atoms with Crippen molar-refractivity contribution < 1.29 is 18.3 Å². The van der Waals surface area contributed by atoms with E-state index in [2.05, 4.69) is 4.72 Å². The van der Waals surface area contributed by atoms with Gasteiger partial charge in [-0.1, -0.05) is 11.6 Å². The Bertz CT molecular complexity index is 792. The molecular weight excluding hydrogens is 340 g/mol. The van der Waals surface area contributed by atoms with Gasteiger partial charge >= 0.3 is 0 Å². The molecule has 0 spiro atoms. The Kier molecular flexibility index (Phi) is 5.35. The number of hydrogen-bond acceptors (Lipinski definition) is 5. The van der Waals surface area contributed by atoms with Gasteiger partial charge < -0.3 is 15.6 Å². The van der Waals surface area contributed by atoms with Crippen LogP contribution in [0.5, 0.6) is 11.5 Å². The van der Waals surface area contributed by atoms with Crippen molar-refractivity contribution in [2.45, 2.75) is 18.4 Å². The van der Waals surface area contributed by atoms with Crippen LogP contribution in [0.2, 0.25) is 5.02 Å². The lowest BCUT2D eigenvalue weighted by atomic mass is 10.2. The van der Waals surface area contributed by atoms with E-state index in [-0.39, 0.29) is 28.0 Å². The molecule has 0 aliphatic heterocycles. The largest absolute Gasteiger partial charge is 0.503 e. The third kappa shape index (κ3) is 4.28. The standard InChI is InChI=1S/C15H17ClN2O4S/c1-2-22-14-8-10(7-13(16)15(14)19)9-18-23(20,21)12-5-3-11(17)4-6-12/h3-8,18-19H,2,9,17H2,1H3. The van der Waals surface area contributed by atoms with Crippen molar-refractivity contribution in [1.82, 2.24) is 4.72 Å². The number of nitrogen functional groups attached to an aromatic ring is 1. The van der Waals surface area contributed by atoms with Gasteiger partial charge in [0.2, 0.25) is 10.0 Å². The lowest BCUT2D eigenvalue weighted by Gasteiger charge is -2.11. The molecule has 0 radical (unpaired) electrons. The minimum absolute atomic E-state index is 0.00673. The number of sulfonamides is 1. The first-order chi connectivity index (χ1) is 10.8. The number of rotatable bonds is 6. The first-order valence-corrected chi connectivity index (χ1v) is 8.69. The lowest BCUT2D eigenvalue weighted by molar-refractivity contribution is 0.318. The van der Waals surface area contributed by atoms with Gasteiger partial charge in [-0.3, -0.25) is 0 Å². The first kappa shape index (κ1) is 17.4. The molecule has 0 aromatic heterocycles. The van der Waals surface area contributed by atoms with Crippen molar-refractivity contribution in [3.05, 3.63) is 47.0 Å². The van der Waals surface area contributed by atoms with E-state index in [0.29, 0.717) is 17.9 Å². The number of phenolic OH excluding ortho intramolecular Hbond substituents is 1. The number of phenols is 1. The van der Waals surface area contributed by atoms with Gasteiger partial charge in [-0.2, -0.15) is 0 Å². The molecule has 2 aromatic rings. The molecule has 0 amide bonds. The Hall–Kier alpha value is -1.96. The second kappa shape index (κ2) is 7.08. The molecular formula is C15H17ClN2O4S. The van der Waals surface area contributed by atoms with Gasteiger partial charge in [-0.15, -0.1) is 0 Å². The molecule has 0 atom stereocenters. The molecule has 0 heterocycles. The Morgan fingerprint density at radius 3 is 2.52 bits per heavy atom. The molecule has 0 aliphatic carbocycles. The monoisotopic (exact) mass is 356 g/mol. The highest BCUT2D eigenvalue weighted by Crippen LogP contribution is 2.35. The molecule has 23 heavy (non-hydrogen) atoms. The molecule has 0 saturated carbocycles. The van der Waals surface area contributed by atoms with Crippen LogP contribution in [0, 0.1) is 0 Å². The van der Waals surface area contributed by atoms with E-state index in [9.17, 15) is 13.5 Å². The maximum absolute atomic E-state index is 12.2. The maximum atomic E-state index is 12.2. The summed E-state index contributed by atoms with van der Waals surface area (Å²) in [5.41, 5.74) is 6.59. The molecule has 0 aliphatic rings. The Balaban J connectivity index is 2.18. The molecule has 2 aromatic carbocycles. The van der Waals surface area contributed by atoms with Crippen molar-refractivity contribution >= 4 is 27.3 Å². The van der Waals surface area contributed by atoms with Crippen molar-refractivity contribution in [2.75, 3.05) is 12.3 Å². The summed E-state index contributed by atoms with van der Waals surface area (Å²) in [4.78, 5) is 0.113. The quantitative estimate of drug-likeness (QED) is 0.690. The Morgan fingerprint density at radius 2 is 1.91 bits per heavy atom. The fraction of sp³-hybridized carbons (Fsp3) is 0.200. The predicted molar refractivity (Wildman–Crippen MR) is 89.2 cm³/mol. The molecule has 0 fully saturated rings. The zero-order valence-corrected chi connectivity index (χ0v) is 14.0. The van der Waals surface area contributed by atoms with Crippen LogP contribution in [0.15, 0.2) is 41.3 Å². The normalized spacial score (nSPS) is 11.4. The van der Waals surface area contributed by atoms with Gasteiger partial charge in [-0.25, -0.2) is 13.1 Å². The van der Waals surface area contributed by atoms with Crippen molar-refractivity contribution in [1.29, 1.82) is 0 Å². The van der Waals surface area contributed by atoms with Gasteiger partial charge in [0.15, 0.2) is 11.5 Å². The van der Waals surface area contributed by atoms with Crippen molar-refractivity contribution in [3.8, 4) is 11.5 Å². The first-order valence-electron chi connectivity index (χ1n) is 6.83. The third-order valence-electron chi connectivity index (χ3n) is 3.04. The summed E-state index contributed by atoms with van der Waals surface area (Å²) in [6.45, 7) is 2.13. The smallest absolute Gasteiger partial charge is 0.240 e. The number of anilines is 1. The van der Waals surface area contributed by atoms with E-state index in [1.54, 1.807) is 6.92 Å². The van der Waals surface area contributed by atoms with E-state index in [1.165, 1.54) is 36.4 Å². The summed E-state index contributed by atoms with van der Waals surface area (Å²) in [5.74, 6) is 0.0420. The zero-order valence-electron chi connectivity index (χ0n) is 12.4. The van der Waals surface area contributed by atoms with Gasteiger partial charge in [-0.05, 0) is 48.9 Å². The second-order valence-corrected chi connectivity index (χ2v) is 6.93. The Labute approximate surface area is 139 Å². The summed E-state index contributed by atoms with van der Waals surface area (Å²) in [6, 6.07) is 8.89. The van der Waals surface area contributed by atoms with Gasteiger partial charge in [0.1, 0.15) is 0 Å². The number of nitrogens with one attached hydrogen (secondary N) is 1. The van der Waals surface area contributed by atoms with Crippen LogP contribution in [0.25, 0.3) is 0 Å². The lowest BCUT2D eigenvalue weighted by Crippen LogP contribution is -2.23. The number of benzene rings is 2. The summed E-state index contributed by atoms with van der Waals surface area (Å²) >= 11 is 5.92. The summed E-state index contributed by atoms with van der Waals surface area (Å²) in [5, 5.41) is 9.87. The van der Waals surface area contributed by atoms with Crippen molar-refractivity contribution in [2.24, 2.45) is 0 Å². The van der Waals surface area contributed by atoms with E-state index in [0.717, 1.165) is 0 Å². The number of hydrogen-bond donors (Lipinski definition) is 3. The van der Waals surface area contributed by atoms with Crippen LogP contribution in [0.3, 0.4) is 0 Å². The number of aromatic hydroxyl groups is 1.